The lowest BCUT2D eigenvalue weighted by Gasteiger charge is -2.28. The van der Waals surface area contributed by atoms with Crippen LogP contribution in [0.4, 0.5) is 0 Å². The molecule has 0 spiro atoms. The first-order chi connectivity index (χ1) is 9.60. The summed E-state index contributed by atoms with van der Waals surface area (Å²) in [5.41, 5.74) is 4.02. The Kier molecular flexibility index (Phi) is 3.00. The molecular formula is C14H17N5O. The second kappa shape index (κ2) is 4.70. The van der Waals surface area contributed by atoms with Gasteiger partial charge in [0.1, 0.15) is 5.69 Å². The third-order valence-corrected chi connectivity index (χ3v) is 3.73. The first kappa shape index (κ1) is 12.8. The normalized spacial score (nSPS) is 17.9. The van der Waals surface area contributed by atoms with Crippen LogP contribution < -0.4 is 0 Å². The van der Waals surface area contributed by atoms with Crippen LogP contribution >= 0.6 is 0 Å². The molecule has 3 heterocycles. The summed E-state index contributed by atoms with van der Waals surface area (Å²) < 4.78 is 1.80. The monoisotopic (exact) mass is 271 g/mol. The Morgan fingerprint density at radius 2 is 2.15 bits per heavy atom. The van der Waals surface area contributed by atoms with E-state index in [0.717, 1.165) is 41.3 Å². The quantitative estimate of drug-likeness (QED) is 0.774. The maximum absolute atomic E-state index is 11.0. The van der Waals surface area contributed by atoms with Crippen LogP contribution in [0.25, 0.3) is 5.82 Å². The van der Waals surface area contributed by atoms with Gasteiger partial charge in [0.15, 0.2) is 5.82 Å². The van der Waals surface area contributed by atoms with Crippen molar-refractivity contribution in [2.45, 2.75) is 33.2 Å². The first-order valence-corrected chi connectivity index (χ1v) is 6.71. The van der Waals surface area contributed by atoms with E-state index >= 15 is 0 Å². The number of carbonyl (C=O) groups excluding carboxylic acids is 1. The molecule has 1 amide bonds. The highest BCUT2D eigenvalue weighted by molar-refractivity contribution is 5.50. The molecule has 0 saturated heterocycles. The molecule has 2 aromatic rings. The van der Waals surface area contributed by atoms with Crippen molar-refractivity contribution in [1.82, 2.24) is 24.9 Å². The number of aryl methyl sites for hydroxylation is 2. The van der Waals surface area contributed by atoms with Crippen LogP contribution in [0.15, 0.2) is 12.1 Å². The third kappa shape index (κ3) is 1.97. The fraction of sp³-hybridized carbons (Fsp3) is 0.429. The molecule has 1 unspecified atom stereocenters. The molecule has 3 rings (SSSR count). The van der Waals surface area contributed by atoms with Gasteiger partial charge in [-0.3, -0.25) is 4.79 Å². The molecule has 0 bridgehead atoms. The lowest BCUT2D eigenvalue weighted by atomic mass is 10.1. The number of fused-ring (bicyclic) bond motifs is 1. The van der Waals surface area contributed by atoms with Crippen LogP contribution in [0, 0.1) is 13.8 Å². The van der Waals surface area contributed by atoms with E-state index < -0.39 is 0 Å². The van der Waals surface area contributed by atoms with Gasteiger partial charge in [0.2, 0.25) is 6.41 Å². The smallest absolute Gasteiger partial charge is 0.210 e. The van der Waals surface area contributed by atoms with Crippen molar-refractivity contribution < 1.29 is 4.79 Å². The molecule has 0 saturated carbocycles. The summed E-state index contributed by atoms with van der Waals surface area (Å²) in [6.07, 6.45) is 1.63. The van der Waals surface area contributed by atoms with Crippen molar-refractivity contribution >= 4 is 6.41 Å². The molecule has 0 aliphatic carbocycles. The van der Waals surface area contributed by atoms with Crippen molar-refractivity contribution in [3.05, 3.63) is 34.8 Å². The third-order valence-electron chi connectivity index (χ3n) is 3.73. The van der Waals surface area contributed by atoms with Crippen molar-refractivity contribution in [3.8, 4) is 5.82 Å². The SMILES string of the molecule is Cc1cc(C)nc(-n2nnc3c2CCN(C=O)C3C)c1. The summed E-state index contributed by atoms with van der Waals surface area (Å²) in [4.78, 5) is 17.3. The maximum Gasteiger partial charge on any atom is 0.210 e. The van der Waals surface area contributed by atoms with Gasteiger partial charge in [0.25, 0.3) is 0 Å². The number of rotatable bonds is 2. The maximum atomic E-state index is 11.0. The Balaban J connectivity index is 2.07. The van der Waals surface area contributed by atoms with E-state index in [1.54, 1.807) is 9.58 Å². The fourth-order valence-electron chi connectivity index (χ4n) is 2.71. The van der Waals surface area contributed by atoms with E-state index in [9.17, 15) is 4.79 Å². The average molecular weight is 271 g/mol. The molecule has 6 heteroatoms. The van der Waals surface area contributed by atoms with Crippen molar-refractivity contribution in [3.63, 3.8) is 0 Å². The van der Waals surface area contributed by atoms with Crippen LogP contribution in [0.5, 0.6) is 0 Å². The lowest BCUT2D eigenvalue weighted by molar-refractivity contribution is -0.120. The zero-order valence-corrected chi connectivity index (χ0v) is 11.9. The van der Waals surface area contributed by atoms with Gasteiger partial charge in [-0.05, 0) is 38.5 Å². The number of aromatic nitrogens is 4. The van der Waals surface area contributed by atoms with E-state index in [1.807, 2.05) is 32.9 Å². The van der Waals surface area contributed by atoms with Gasteiger partial charge in [-0.2, -0.15) is 4.68 Å². The molecular weight excluding hydrogens is 254 g/mol. The minimum atomic E-state index is -0.0316. The van der Waals surface area contributed by atoms with Gasteiger partial charge in [0, 0.05) is 18.7 Å². The first-order valence-electron chi connectivity index (χ1n) is 6.71. The Morgan fingerprint density at radius 1 is 1.35 bits per heavy atom. The molecule has 0 aromatic carbocycles. The number of nitrogens with zero attached hydrogens (tertiary/aromatic N) is 5. The number of hydrogen-bond donors (Lipinski definition) is 0. The highest BCUT2D eigenvalue weighted by atomic mass is 16.1. The van der Waals surface area contributed by atoms with Crippen molar-refractivity contribution in [2.24, 2.45) is 0 Å². The minimum absolute atomic E-state index is 0.0316. The molecule has 0 fully saturated rings. The Hall–Kier alpha value is -2.24. The van der Waals surface area contributed by atoms with E-state index in [-0.39, 0.29) is 6.04 Å². The number of pyridine rings is 1. The fourth-order valence-corrected chi connectivity index (χ4v) is 2.71. The second-order valence-electron chi connectivity index (χ2n) is 5.25. The van der Waals surface area contributed by atoms with Gasteiger partial charge in [-0.15, -0.1) is 5.10 Å². The Morgan fingerprint density at radius 3 is 2.85 bits per heavy atom. The zero-order valence-electron chi connectivity index (χ0n) is 11.9. The van der Waals surface area contributed by atoms with Gasteiger partial charge in [-0.25, -0.2) is 4.98 Å². The molecule has 1 aliphatic rings. The van der Waals surface area contributed by atoms with Crippen LogP contribution in [0.2, 0.25) is 0 Å². The Labute approximate surface area is 117 Å². The van der Waals surface area contributed by atoms with Crippen molar-refractivity contribution in [2.75, 3.05) is 6.54 Å². The van der Waals surface area contributed by atoms with Crippen LogP contribution in [-0.2, 0) is 11.2 Å². The minimum Gasteiger partial charge on any atom is -0.336 e. The van der Waals surface area contributed by atoms with E-state index in [0.29, 0.717) is 6.54 Å². The van der Waals surface area contributed by atoms with Crippen LogP contribution in [0.1, 0.15) is 35.6 Å². The summed E-state index contributed by atoms with van der Waals surface area (Å²) in [6.45, 7) is 6.67. The molecule has 0 N–H and O–H groups in total. The molecule has 1 aliphatic heterocycles. The van der Waals surface area contributed by atoms with Crippen LogP contribution in [-0.4, -0.2) is 37.8 Å². The van der Waals surface area contributed by atoms with E-state index in [1.165, 1.54) is 0 Å². The standard InChI is InChI=1S/C14H17N5O/c1-9-6-10(2)15-13(7-9)19-12-4-5-18(8-20)11(3)14(12)16-17-19/h6-8,11H,4-5H2,1-3H3. The Bertz CT molecular complexity index is 643. The summed E-state index contributed by atoms with van der Waals surface area (Å²) in [5.74, 6) is 0.794. The summed E-state index contributed by atoms with van der Waals surface area (Å²) in [7, 11) is 0. The van der Waals surface area contributed by atoms with E-state index in [2.05, 4.69) is 15.3 Å². The highest BCUT2D eigenvalue weighted by Crippen LogP contribution is 2.27. The topological polar surface area (TPSA) is 63.9 Å². The molecule has 104 valence electrons. The van der Waals surface area contributed by atoms with E-state index in [4.69, 9.17) is 0 Å². The van der Waals surface area contributed by atoms with Gasteiger partial charge in [-0.1, -0.05) is 5.21 Å². The summed E-state index contributed by atoms with van der Waals surface area (Å²) >= 11 is 0. The largest absolute Gasteiger partial charge is 0.336 e. The molecule has 20 heavy (non-hydrogen) atoms. The number of amides is 1. The second-order valence-corrected chi connectivity index (χ2v) is 5.25. The molecule has 6 nitrogen and oxygen atoms in total. The average Bonchev–Trinajstić information content (AvgIpc) is 2.83. The van der Waals surface area contributed by atoms with Gasteiger partial charge in [0.05, 0.1) is 11.7 Å². The van der Waals surface area contributed by atoms with Crippen molar-refractivity contribution in [1.29, 1.82) is 0 Å². The van der Waals surface area contributed by atoms with Gasteiger partial charge < -0.3 is 4.90 Å². The summed E-state index contributed by atoms with van der Waals surface area (Å²) in [5, 5.41) is 8.48. The lowest BCUT2D eigenvalue weighted by Crippen LogP contribution is -2.33. The number of hydrogen-bond acceptors (Lipinski definition) is 4. The zero-order chi connectivity index (χ0) is 14.3. The molecule has 1 atom stereocenters. The molecule has 0 radical (unpaired) electrons. The van der Waals surface area contributed by atoms with Gasteiger partial charge >= 0.3 is 0 Å². The highest BCUT2D eigenvalue weighted by Gasteiger charge is 2.28. The number of carbonyl (C=O) groups is 1. The summed E-state index contributed by atoms with van der Waals surface area (Å²) in [6, 6.07) is 4.00. The predicted octanol–water partition coefficient (Wildman–Crippen LogP) is 1.35. The molecule has 2 aromatic heterocycles. The van der Waals surface area contributed by atoms with Crippen LogP contribution in [0.3, 0.4) is 0 Å². The predicted molar refractivity (Wildman–Crippen MR) is 73.5 cm³/mol.